The molecule has 0 N–H and O–H groups in total. The van der Waals surface area contributed by atoms with Crippen molar-refractivity contribution in [3.63, 3.8) is 0 Å². The summed E-state index contributed by atoms with van der Waals surface area (Å²) < 4.78 is 54.4. The minimum atomic E-state index is -4.79. The number of halogens is 3. The summed E-state index contributed by atoms with van der Waals surface area (Å²) in [5.41, 5.74) is 0. The van der Waals surface area contributed by atoms with E-state index < -0.39 is 49.4 Å². The molecule has 0 aliphatic rings. The predicted molar refractivity (Wildman–Crippen MR) is 67.0 cm³/mol. The van der Waals surface area contributed by atoms with Crippen LogP contribution in [0.25, 0.3) is 0 Å². The first-order valence-electron chi connectivity index (χ1n) is 5.81. The average Bonchev–Trinajstić information content (AvgIpc) is 2.30. The summed E-state index contributed by atoms with van der Waals surface area (Å²) in [5, 5.41) is -0.855. The summed E-state index contributed by atoms with van der Waals surface area (Å²) in [4.78, 5) is 33.6. The predicted octanol–water partition coefficient (Wildman–Crippen LogP) is 0.939. The van der Waals surface area contributed by atoms with Crippen molar-refractivity contribution < 1.29 is 40.8 Å². The van der Waals surface area contributed by atoms with Crippen LogP contribution in [-0.4, -0.2) is 26.7 Å². The lowest BCUT2D eigenvalue weighted by Crippen LogP contribution is -2.60. The molecule has 120 valence electrons. The molecule has 1 aromatic rings. The lowest BCUT2D eigenvalue weighted by Gasteiger charge is -2.26. The summed E-state index contributed by atoms with van der Waals surface area (Å²) in [7, 11) is -4.79. The summed E-state index contributed by atoms with van der Waals surface area (Å²) in [6.07, 6.45) is 0. The number of hydrogen-bond donors (Lipinski definition) is 0. The summed E-state index contributed by atoms with van der Waals surface area (Å²) in [6.45, 7) is 2.64. The van der Waals surface area contributed by atoms with Gasteiger partial charge in [0.25, 0.3) is 17.9 Å². The molecule has 1 aromatic carbocycles. The Morgan fingerprint density at radius 2 is 1.14 bits per heavy atom. The van der Waals surface area contributed by atoms with E-state index in [0.717, 1.165) is 20.8 Å². The Balaban J connectivity index is 3.58. The van der Waals surface area contributed by atoms with E-state index in [1.54, 1.807) is 0 Å². The molecule has 0 heterocycles. The van der Waals surface area contributed by atoms with E-state index in [2.05, 4.69) is 0 Å². The number of benzene rings is 1. The van der Waals surface area contributed by atoms with Crippen molar-refractivity contribution in [3.05, 3.63) is 29.6 Å². The summed E-state index contributed by atoms with van der Waals surface area (Å²) in [6, 6.07) is 0.467. The topological polar surface area (TPSA) is 78.9 Å². The van der Waals surface area contributed by atoms with Crippen LogP contribution >= 0.6 is 0 Å². The molecule has 0 atom stereocenters. The first-order chi connectivity index (χ1) is 10.1. The van der Waals surface area contributed by atoms with Crippen LogP contribution in [0.3, 0.4) is 0 Å². The largest absolute Gasteiger partial charge is 0.746 e. The Bertz CT molecular complexity index is 593. The maximum atomic E-state index is 13.9. The second kappa shape index (κ2) is 6.60. The lowest BCUT2D eigenvalue weighted by molar-refractivity contribution is -0.146. The second-order valence-corrected chi connectivity index (χ2v) is 6.35. The fourth-order valence-corrected chi connectivity index (χ4v) is 3.81. The van der Waals surface area contributed by atoms with E-state index in [1.165, 1.54) is 0 Å². The molecule has 0 bridgehead atoms. The molecule has 0 amide bonds. The smallest absolute Gasteiger partial charge is 0.452 e. The molecular weight excluding hydrogens is 325 g/mol. The third-order valence-corrected chi connectivity index (χ3v) is 4.89. The van der Waals surface area contributed by atoms with Crippen molar-refractivity contribution in [2.45, 2.75) is 20.8 Å². The Morgan fingerprint density at radius 3 is 1.50 bits per heavy atom. The average molecular weight is 336 g/mol. The van der Waals surface area contributed by atoms with Crippen molar-refractivity contribution in [2.24, 2.45) is 0 Å². The highest BCUT2D eigenvalue weighted by Gasteiger charge is 2.57. The van der Waals surface area contributed by atoms with E-state index in [9.17, 15) is 27.6 Å². The normalized spacial score (nSPS) is 10.8. The maximum absolute atomic E-state index is 13.9. The molecule has 6 nitrogen and oxygen atoms in total. The molecule has 0 aromatic heterocycles. The van der Waals surface area contributed by atoms with Crippen LogP contribution in [0.15, 0.2) is 12.1 Å². The van der Waals surface area contributed by atoms with Gasteiger partial charge in [-0.1, -0.05) is 0 Å². The minimum Gasteiger partial charge on any atom is -0.452 e. The van der Waals surface area contributed by atoms with Crippen molar-refractivity contribution in [3.8, 4) is 0 Å². The fourth-order valence-electron chi connectivity index (χ4n) is 1.55. The van der Waals surface area contributed by atoms with Gasteiger partial charge in [-0.3, -0.25) is 14.4 Å². The molecule has 10 heteroatoms. The van der Waals surface area contributed by atoms with Crippen LogP contribution in [0.1, 0.15) is 20.8 Å². The Kier molecular flexibility index (Phi) is 5.31. The highest BCUT2D eigenvalue weighted by Crippen LogP contribution is 2.17. The van der Waals surface area contributed by atoms with E-state index >= 15 is 0 Å². The first kappa shape index (κ1) is 17.7. The van der Waals surface area contributed by atoms with Crippen LogP contribution in [0, 0.1) is 17.5 Å². The van der Waals surface area contributed by atoms with Crippen LogP contribution in [0.4, 0.5) is 13.2 Å². The van der Waals surface area contributed by atoms with Crippen LogP contribution in [-0.2, 0) is 27.7 Å². The maximum Gasteiger partial charge on any atom is 0.746 e. The van der Waals surface area contributed by atoms with E-state index in [-0.39, 0.29) is 6.07 Å². The molecule has 0 unspecified atom stereocenters. The number of rotatable bonds is 4. The Labute approximate surface area is 124 Å². The quantitative estimate of drug-likeness (QED) is 0.601. The van der Waals surface area contributed by atoms with Gasteiger partial charge in [-0.15, -0.1) is 0 Å². The van der Waals surface area contributed by atoms with Gasteiger partial charge in [-0.05, 0) is 6.07 Å². The van der Waals surface area contributed by atoms with Crippen molar-refractivity contribution >= 4 is 31.9 Å². The van der Waals surface area contributed by atoms with E-state index in [0.29, 0.717) is 6.07 Å². The number of hydrogen-bond acceptors (Lipinski definition) is 6. The highest BCUT2D eigenvalue weighted by atomic mass is 28.4. The number of carbonyl (C=O) groups excluding carboxylic acids is 3. The van der Waals surface area contributed by atoms with Gasteiger partial charge in [0, 0.05) is 26.8 Å². The number of carbonyl (C=O) groups is 3. The zero-order valence-electron chi connectivity index (χ0n) is 11.7. The third-order valence-electron chi connectivity index (χ3n) is 2.17. The first-order valence-corrected chi connectivity index (χ1v) is 7.53. The van der Waals surface area contributed by atoms with Gasteiger partial charge in [0.15, 0.2) is 11.6 Å². The summed E-state index contributed by atoms with van der Waals surface area (Å²) in [5.74, 6) is -7.62. The van der Waals surface area contributed by atoms with Gasteiger partial charge in [0.2, 0.25) is 0 Å². The van der Waals surface area contributed by atoms with Gasteiger partial charge in [-0.25, -0.2) is 13.2 Å². The Morgan fingerprint density at radius 1 is 0.773 bits per heavy atom. The van der Waals surface area contributed by atoms with Crippen molar-refractivity contribution in [1.82, 2.24) is 0 Å². The van der Waals surface area contributed by atoms with E-state index in [1.807, 2.05) is 0 Å². The molecular formula is C12H11F3O6Si. The van der Waals surface area contributed by atoms with Crippen LogP contribution < -0.4 is 5.19 Å². The van der Waals surface area contributed by atoms with Gasteiger partial charge in [0.05, 0.1) is 0 Å². The molecule has 0 aliphatic carbocycles. The fraction of sp³-hybridized carbons (Fsp3) is 0.250. The van der Waals surface area contributed by atoms with Gasteiger partial charge in [0.1, 0.15) is 11.0 Å². The lowest BCUT2D eigenvalue weighted by atomic mass is 10.3. The van der Waals surface area contributed by atoms with Crippen LogP contribution in [0.2, 0.25) is 0 Å². The SMILES string of the molecule is CC(=O)O[Si](OC(C)=O)(OC(C)=O)c1cc(F)c(F)cc1F. The standard InChI is InChI=1S/C12H11F3O6Si/c1-6(16)19-22(20-7(2)17,21-8(3)18)12-5-10(14)9(13)4-11(12)15/h4-5H,1-3H3. The Hall–Kier alpha value is -2.36. The van der Waals surface area contributed by atoms with Gasteiger partial charge in [-0.2, -0.15) is 0 Å². The van der Waals surface area contributed by atoms with Crippen molar-refractivity contribution in [2.75, 3.05) is 0 Å². The van der Waals surface area contributed by atoms with E-state index in [4.69, 9.17) is 13.3 Å². The van der Waals surface area contributed by atoms with Crippen LogP contribution in [0.5, 0.6) is 0 Å². The van der Waals surface area contributed by atoms with Crippen molar-refractivity contribution in [1.29, 1.82) is 0 Å². The monoisotopic (exact) mass is 336 g/mol. The molecule has 0 fully saturated rings. The van der Waals surface area contributed by atoms with Gasteiger partial charge >= 0.3 is 8.80 Å². The zero-order valence-corrected chi connectivity index (χ0v) is 12.7. The molecule has 0 saturated carbocycles. The third kappa shape index (κ3) is 4.07. The molecule has 22 heavy (non-hydrogen) atoms. The molecule has 0 radical (unpaired) electrons. The van der Waals surface area contributed by atoms with Gasteiger partial charge < -0.3 is 13.3 Å². The summed E-state index contributed by atoms with van der Waals surface area (Å²) >= 11 is 0. The minimum absolute atomic E-state index is 0.156. The zero-order chi connectivity index (χ0) is 17.1. The molecule has 1 rings (SSSR count). The highest BCUT2D eigenvalue weighted by molar-refractivity contribution is 6.79. The molecule has 0 saturated heterocycles. The molecule has 0 spiro atoms. The second-order valence-electron chi connectivity index (χ2n) is 4.08. The molecule has 0 aliphatic heterocycles.